The molecule has 1 unspecified atom stereocenters. The van der Waals surface area contributed by atoms with Gasteiger partial charge >= 0.3 is 0 Å². The molecule has 10 heteroatoms. The Hall–Kier alpha value is -2.30. The zero-order valence-corrected chi connectivity index (χ0v) is 20.9. The summed E-state index contributed by atoms with van der Waals surface area (Å²) in [5.41, 5.74) is 1.12. The molecule has 1 amide bonds. The van der Waals surface area contributed by atoms with Crippen LogP contribution in [0.4, 0.5) is 0 Å². The van der Waals surface area contributed by atoms with Crippen LogP contribution in [0.3, 0.4) is 0 Å². The van der Waals surface area contributed by atoms with Crippen LogP contribution in [0.5, 0.6) is 0 Å². The number of likely N-dealkylation sites (N-methyl/N-ethyl adjacent to an activating group) is 1. The van der Waals surface area contributed by atoms with Crippen molar-refractivity contribution in [1.29, 1.82) is 0 Å². The maximum absolute atomic E-state index is 12.9. The minimum atomic E-state index is -3.53. The molecular weight excluding hydrogens is 440 g/mol. The smallest absolute Gasteiger partial charge is 0.247 e. The van der Waals surface area contributed by atoms with Crippen LogP contribution in [0.15, 0.2) is 30.3 Å². The van der Waals surface area contributed by atoms with Crippen LogP contribution in [0, 0.1) is 0 Å². The van der Waals surface area contributed by atoms with Crippen molar-refractivity contribution < 1.29 is 13.2 Å². The standard InChI is InChI=1S/C23H36N6O3S/c1-5-28(6-2)15-10-16-33(31,32)26-20(14-13-19-11-8-7-9-12-19)22-24-21-17-27(4)23(30)18(3)29(21)25-22/h7-9,11-12,18,20,26H,5-6,10,13-17H2,1-4H3/t18?,20-/m1/s1. The molecule has 0 aliphatic carbocycles. The summed E-state index contributed by atoms with van der Waals surface area (Å²) >= 11 is 0. The van der Waals surface area contributed by atoms with Gasteiger partial charge in [-0.25, -0.2) is 22.8 Å². The lowest BCUT2D eigenvalue weighted by molar-refractivity contribution is -0.135. The molecule has 0 radical (unpaired) electrons. The number of amides is 1. The van der Waals surface area contributed by atoms with Crippen LogP contribution in [-0.4, -0.2) is 71.3 Å². The third-order valence-electron chi connectivity index (χ3n) is 6.18. The first-order chi connectivity index (χ1) is 15.7. The number of fused-ring (bicyclic) bond motifs is 1. The van der Waals surface area contributed by atoms with Crippen LogP contribution in [0.1, 0.15) is 62.9 Å². The second-order valence-electron chi connectivity index (χ2n) is 8.60. The van der Waals surface area contributed by atoms with Crippen LogP contribution < -0.4 is 4.72 Å². The van der Waals surface area contributed by atoms with Gasteiger partial charge in [0.05, 0.1) is 18.3 Å². The summed E-state index contributed by atoms with van der Waals surface area (Å²) in [5, 5.41) is 4.57. The summed E-state index contributed by atoms with van der Waals surface area (Å²) in [5.74, 6) is 1.11. The Morgan fingerprint density at radius 1 is 1.21 bits per heavy atom. The summed E-state index contributed by atoms with van der Waals surface area (Å²) in [6.07, 6.45) is 1.78. The van der Waals surface area contributed by atoms with E-state index in [4.69, 9.17) is 0 Å². The van der Waals surface area contributed by atoms with E-state index < -0.39 is 22.1 Å². The molecule has 2 heterocycles. The van der Waals surface area contributed by atoms with Crippen molar-refractivity contribution in [3.63, 3.8) is 0 Å². The lowest BCUT2D eigenvalue weighted by Gasteiger charge is -2.27. The first kappa shape index (κ1) is 25.3. The zero-order chi connectivity index (χ0) is 24.0. The van der Waals surface area contributed by atoms with Gasteiger partial charge in [0.25, 0.3) is 0 Å². The van der Waals surface area contributed by atoms with Crippen molar-refractivity contribution in [2.45, 2.75) is 58.7 Å². The highest BCUT2D eigenvalue weighted by molar-refractivity contribution is 7.89. The van der Waals surface area contributed by atoms with Gasteiger partial charge in [0.2, 0.25) is 15.9 Å². The van der Waals surface area contributed by atoms with E-state index in [1.165, 1.54) is 0 Å². The fourth-order valence-corrected chi connectivity index (χ4v) is 5.43. The number of benzene rings is 1. The quantitative estimate of drug-likeness (QED) is 0.504. The molecule has 1 aromatic carbocycles. The third-order valence-corrected chi connectivity index (χ3v) is 7.65. The molecule has 0 fully saturated rings. The first-order valence-corrected chi connectivity index (χ1v) is 13.4. The minimum absolute atomic E-state index is 0.0308. The van der Waals surface area contributed by atoms with Crippen molar-refractivity contribution in [3.05, 3.63) is 47.5 Å². The molecule has 33 heavy (non-hydrogen) atoms. The topological polar surface area (TPSA) is 100 Å². The lowest BCUT2D eigenvalue weighted by Crippen LogP contribution is -2.39. The third kappa shape index (κ3) is 6.61. The Bertz CT molecular complexity index is 1020. The number of carbonyl (C=O) groups excluding carboxylic acids is 1. The maximum Gasteiger partial charge on any atom is 0.247 e. The molecule has 3 rings (SSSR count). The number of nitrogens with one attached hydrogen (secondary N) is 1. The van der Waals surface area contributed by atoms with Gasteiger partial charge in [-0.2, -0.15) is 5.10 Å². The second kappa shape index (κ2) is 11.2. The van der Waals surface area contributed by atoms with Crippen molar-refractivity contribution >= 4 is 15.9 Å². The number of hydrogen-bond donors (Lipinski definition) is 1. The Morgan fingerprint density at radius 2 is 1.91 bits per heavy atom. The van der Waals surface area contributed by atoms with Crippen LogP contribution >= 0.6 is 0 Å². The average molecular weight is 477 g/mol. The maximum atomic E-state index is 12.9. The number of aromatic nitrogens is 3. The molecule has 1 aliphatic heterocycles. The van der Waals surface area contributed by atoms with E-state index in [2.05, 4.69) is 33.6 Å². The van der Waals surface area contributed by atoms with Crippen molar-refractivity contribution in [2.75, 3.05) is 32.4 Å². The Balaban J connectivity index is 1.78. The largest absolute Gasteiger partial charge is 0.336 e. The Labute approximate surface area is 197 Å². The van der Waals surface area contributed by atoms with Gasteiger partial charge in [-0.05, 0) is 51.4 Å². The SMILES string of the molecule is CCN(CC)CCCS(=O)(=O)N[C@H](CCc1ccccc1)c1nc2n(n1)C(C)C(=O)N(C)C2. The summed E-state index contributed by atoms with van der Waals surface area (Å²) < 4.78 is 30.4. The summed E-state index contributed by atoms with van der Waals surface area (Å²) in [6, 6.07) is 8.93. The highest BCUT2D eigenvalue weighted by Gasteiger charge is 2.32. The number of hydrogen-bond acceptors (Lipinski definition) is 6. The van der Waals surface area contributed by atoms with E-state index >= 15 is 0 Å². The minimum Gasteiger partial charge on any atom is -0.336 e. The molecule has 2 aromatic rings. The van der Waals surface area contributed by atoms with E-state index in [1.807, 2.05) is 30.3 Å². The molecule has 1 aliphatic rings. The van der Waals surface area contributed by atoms with Gasteiger partial charge in [0.15, 0.2) is 5.82 Å². The van der Waals surface area contributed by atoms with Gasteiger partial charge in [-0.1, -0.05) is 44.2 Å². The molecule has 0 saturated carbocycles. The van der Waals surface area contributed by atoms with Crippen LogP contribution in [0.25, 0.3) is 0 Å². The second-order valence-corrected chi connectivity index (χ2v) is 10.5. The van der Waals surface area contributed by atoms with Crippen molar-refractivity contribution in [3.8, 4) is 0 Å². The molecule has 1 N–H and O–H groups in total. The van der Waals surface area contributed by atoms with Crippen LogP contribution in [-0.2, 0) is 27.8 Å². The van der Waals surface area contributed by atoms with Crippen molar-refractivity contribution in [1.82, 2.24) is 29.3 Å². The number of sulfonamides is 1. The molecule has 0 bridgehead atoms. The summed E-state index contributed by atoms with van der Waals surface area (Å²) in [7, 11) is -1.79. The van der Waals surface area contributed by atoms with E-state index in [1.54, 1.807) is 23.6 Å². The molecule has 9 nitrogen and oxygen atoms in total. The van der Waals surface area contributed by atoms with Crippen molar-refractivity contribution in [2.24, 2.45) is 0 Å². The van der Waals surface area contributed by atoms with E-state index in [-0.39, 0.29) is 11.7 Å². The molecule has 0 saturated heterocycles. The van der Waals surface area contributed by atoms with Gasteiger partial charge in [0, 0.05) is 7.05 Å². The lowest BCUT2D eigenvalue weighted by atomic mass is 10.1. The Kier molecular flexibility index (Phi) is 8.61. The van der Waals surface area contributed by atoms with E-state index in [0.29, 0.717) is 37.5 Å². The van der Waals surface area contributed by atoms with Crippen LogP contribution in [0.2, 0.25) is 0 Å². The number of rotatable bonds is 12. The molecule has 2 atom stereocenters. The van der Waals surface area contributed by atoms with Gasteiger partial charge in [-0.3, -0.25) is 4.79 Å². The average Bonchev–Trinajstić information content (AvgIpc) is 3.22. The monoisotopic (exact) mass is 476 g/mol. The highest BCUT2D eigenvalue weighted by atomic mass is 32.2. The molecule has 0 spiro atoms. The number of carbonyl (C=O) groups is 1. The number of nitrogens with zero attached hydrogens (tertiary/aromatic N) is 5. The first-order valence-electron chi connectivity index (χ1n) is 11.7. The predicted molar refractivity (Wildman–Crippen MR) is 128 cm³/mol. The highest BCUT2D eigenvalue weighted by Crippen LogP contribution is 2.24. The fourth-order valence-electron chi connectivity index (χ4n) is 4.14. The van der Waals surface area contributed by atoms with Gasteiger partial charge in [0.1, 0.15) is 11.9 Å². The van der Waals surface area contributed by atoms with E-state index in [9.17, 15) is 13.2 Å². The molecule has 1 aromatic heterocycles. The summed E-state index contributed by atoms with van der Waals surface area (Å²) in [4.78, 5) is 20.8. The normalized spacial score (nSPS) is 17.4. The zero-order valence-electron chi connectivity index (χ0n) is 20.1. The van der Waals surface area contributed by atoms with Gasteiger partial charge < -0.3 is 9.80 Å². The fraction of sp³-hybridized carbons (Fsp3) is 0.609. The number of aryl methyl sites for hydroxylation is 1. The van der Waals surface area contributed by atoms with E-state index in [0.717, 1.165) is 25.2 Å². The Morgan fingerprint density at radius 3 is 2.58 bits per heavy atom. The molecule has 182 valence electrons. The summed E-state index contributed by atoms with van der Waals surface area (Å²) in [6.45, 7) is 8.84. The predicted octanol–water partition coefficient (Wildman–Crippen LogP) is 2.14. The van der Waals surface area contributed by atoms with Gasteiger partial charge in [-0.15, -0.1) is 0 Å². The molecular formula is C23H36N6O3S.